The first kappa shape index (κ1) is 39.8. The monoisotopic (exact) mass is 776 g/mol. The third kappa shape index (κ3) is 8.22. The van der Waals surface area contributed by atoms with Gasteiger partial charge in [0.25, 0.3) is 0 Å². The molecule has 0 spiro atoms. The van der Waals surface area contributed by atoms with Crippen molar-refractivity contribution in [2.45, 2.75) is 109 Å². The highest BCUT2D eigenvalue weighted by molar-refractivity contribution is 5.98. The topological polar surface area (TPSA) is 156 Å². The van der Waals surface area contributed by atoms with Crippen LogP contribution in [0.3, 0.4) is 0 Å². The molecule has 0 radical (unpaired) electrons. The Morgan fingerprint density at radius 3 is 2.14 bits per heavy atom. The van der Waals surface area contributed by atoms with Gasteiger partial charge >= 0.3 is 12.1 Å². The Labute approximate surface area is 334 Å². The highest BCUT2D eigenvalue weighted by atomic mass is 16.5. The lowest BCUT2D eigenvalue weighted by molar-refractivity contribution is -0.148. The molecule has 7 rings (SSSR count). The summed E-state index contributed by atoms with van der Waals surface area (Å²) in [5.41, 5.74) is 6.51. The Hall–Kier alpha value is -5.40. The number of likely N-dealkylation sites (tertiary alicyclic amines) is 2. The average molecular weight is 777 g/mol. The molecule has 2 N–H and O–H groups in total. The van der Waals surface area contributed by atoms with Crippen molar-refractivity contribution in [1.82, 2.24) is 25.1 Å². The second-order valence-electron chi connectivity index (χ2n) is 16.2. The lowest BCUT2D eigenvalue weighted by atomic mass is 9.85. The van der Waals surface area contributed by atoms with Crippen LogP contribution >= 0.6 is 0 Å². The van der Waals surface area contributed by atoms with Gasteiger partial charge in [0.15, 0.2) is 0 Å². The first-order valence-electron chi connectivity index (χ1n) is 20.2. The van der Waals surface area contributed by atoms with Crippen molar-refractivity contribution in [2.24, 2.45) is 22.7 Å². The zero-order valence-corrected chi connectivity index (χ0v) is 33.6. The van der Waals surface area contributed by atoms with Gasteiger partial charge in [0.1, 0.15) is 17.6 Å². The lowest BCUT2D eigenvalue weighted by Gasteiger charge is -2.30. The molecule has 2 bridgehead atoms. The molecule has 1 aromatic heterocycles. The van der Waals surface area contributed by atoms with Gasteiger partial charge in [-0.2, -0.15) is 0 Å². The highest BCUT2D eigenvalue weighted by Gasteiger charge is 2.42. The number of imidazole rings is 1. The molecule has 57 heavy (non-hydrogen) atoms. The van der Waals surface area contributed by atoms with Crippen LogP contribution in [-0.4, -0.2) is 88.7 Å². The number of carbonyl (C=O) groups excluding carboxylic acids is 4. The smallest absolute Gasteiger partial charge is 0.407 e. The van der Waals surface area contributed by atoms with Crippen LogP contribution in [0.1, 0.15) is 131 Å². The molecule has 300 valence electrons. The molecule has 3 fully saturated rings. The van der Waals surface area contributed by atoms with Crippen LogP contribution in [-0.2, 0) is 28.6 Å². The number of aromatic amines is 1. The minimum absolute atomic E-state index is 0.00840. The molecule has 13 nitrogen and oxygen atoms in total. The Morgan fingerprint density at radius 2 is 1.51 bits per heavy atom. The van der Waals surface area contributed by atoms with Crippen molar-refractivity contribution in [3.05, 3.63) is 63.9 Å². The van der Waals surface area contributed by atoms with Gasteiger partial charge in [0.05, 0.1) is 57.0 Å². The summed E-state index contributed by atoms with van der Waals surface area (Å²) in [6, 6.07) is 2.99. The summed E-state index contributed by atoms with van der Waals surface area (Å²) in [6.07, 6.45) is 8.68. The number of hydrogen-bond acceptors (Lipinski definition) is 9. The molecule has 5 aliphatic rings. The fourth-order valence-corrected chi connectivity index (χ4v) is 8.84. The number of ether oxygens (including phenoxy) is 3. The highest BCUT2D eigenvalue weighted by Crippen LogP contribution is 2.52. The van der Waals surface area contributed by atoms with Crippen LogP contribution in [0.15, 0.2) is 35.1 Å². The normalized spacial score (nSPS) is 22.9. The summed E-state index contributed by atoms with van der Waals surface area (Å²) in [6.45, 7) is 8.95. The number of amides is 3. The van der Waals surface area contributed by atoms with Crippen molar-refractivity contribution >= 4 is 29.6 Å². The number of aliphatic imine (C=N–C) groups is 1. The summed E-state index contributed by atoms with van der Waals surface area (Å²) in [4.78, 5) is 67.7. The van der Waals surface area contributed by atoms with E-state index >= 15 is 0 Å². The first-order valence-corrected chi connectivity index (χ1v) is 20.2. The maximum absolute atomic E-state index is 13.7. The van der Waals surface area contributed by atoms with Gasteiger partial charge in [0.2, 0.25) is 11.8 Å². The maximum atomic E-state index is 13.7. The molecule has 1 aromatic carbocycles. The van der Waals surface area contributed by atoms with Crippen molar-refractivity contribution in [1.29, 1.82) is 0 Å². The molecule has 3 saturated heterocycles. The molecular weight excluding hydrogens is 725 g/mol. The van der Waals surface area contributed by atoms with Crippen molar-refractivity contribution in [2.75, 3.05) is 27.3 Å². The zero-order chi connectivity index (χ0) is 40.4. The van der Waals surface area contributed by atoms with E-state index in [2.05, 4.69) is 39.0 Å². The average Bonchev–Trinajstić information content (AvgIpc) is 4.06. The van der Waals surface area contributed by atoms with Crippen LogP contribution in [0.2, 0.25) is 0 Å². The van der Waals surface area contributed by atoms with Crippen molar-refractivity contribution < 1.29 is 33.4 Å². The van der Waals surface area contributed by atoms with Gasteiger partial charge < -0.3 is 34.3 Å². The molecule has 0 aliphatic carbocycles. The molecule has 5 aliphatic heterocycles. The van der Waals surface area contributed by atoms with Crippen LogP contribution < -0.4 is 5.32 Å². The number of nitrogens with zero attached hydrogens (tertiary/aromatic N) is 4. The standard InChI is InChI=1S/C44H52N6O7/c1-25(2)31(22-37(51)55-5)42(52)49-19-7-9-33(49)32-21-27(23-45-32)11-12-28-13-14-29(39-36-18-17-35(57-36)38(28)39)15-16-30-24-46-41(47-30)34-10-8-20-50(34)43(53)40(26(3)4)48-44(54)56-6/h13-14,23-26,31,33-36,40H,7-10,17-22H2,1-6H3,(H,46,47)(H,48,54)/t31-,33?,34?,35?,36?,40-/m0/s1. The summed E-state index contributed by atoms with van der Waals surface area (Å²) in [5, 5.41) is 2.69. The van der Waals surface area contributed by atoms with Crippen LogP contribution in [0.25, 0.3) is 0 Å². The van der Waals surface area contributed by atoms with Gasteiger partial charge in [-0.25, -0.2) is 9.78 Å². The molecule has 6 atom stereocenters. The van der Waals surface area contributed by atoms with E-state index in [-0.39, 0.29) is 60.3 Å². The van der Waals surface area contributed by atoms with Gasteiger partial charge in [-0.05, 0) is 68.4 Å². The van der Waals surface area contributed by atoms with E-state index in [1.165, 1.54) is 14.2 Å². The van der Waals surface area contributed by atoms with E-state index in [4.69, 9.17) is 19.2 Å². The number of allylic oxidation sites excluding steroid dienone is 1. The van der Waals surface area contributed by atoms with Crippen LogP contribution in [0.4, 0.5) is 4.79 Å². The van der Waals surface area contributed by atoms with E-state index in [0.29, 0.717) is 31.0 Å². The number of nitrogens with one attached hydrogen (secondary N) is 2. The number of H-pyrrole nitrogens is 1. The number of methoxy groups -OCH3 is 2. The van der Waals surface area contributed by atoms with E-state index in [1.807, 2.05) is 50.9 Å². The van der Waals surface area contributed by atoms with Gasteiger partial charge in [-0.1, -0.05) is 45.5 Å². The second kappa shape index (κ2) is 17.0. The summed E-state index contributed by atoms with van der Waals surface area (Å²) >= 11 is 0. The fourth-order valence-electron chi connectivity index (χ4n) is 8.84. The number of esters is 1. The largest absolute Gasteiger partial charge is 0.469 e. The van der Waals surface area contributed by atoms with Gasteiger partial charge in [-0.3, -0.25) is 19.4 Å². The van der Waals surface area contributed by atoms with Crippen molar-refractivity contribution in [3.63, 3.8) is 0 Å². The van der Waals surface area contributed by atoms with Crippen LogP contribution in [0, 0.1) is 41.4 Å². The third-order valence-corrected chi connectivity index (χ3v) is 11.9. The molecule has 2 aromatic rings. The Kier molecular flexibility index (Phi) is 11.9. The Balaban J connectivity index is 1.04. The molecule has 4 unspecified atom stereocenters. The van der Waals surface area contributed by atoms with E-state index in [1.54, 1.807) is 11.1 Å². The number of carbonyl (C=O) groups is 4. The third-order valence-electron chi connectivity index (χ3n) is 11.9. The van der Waals surface area contributed by atoms with E-state index < -0.39 is 18.1 Å². The fraction of sp³-hybridized carbons (Fsp3) is 0.545. The summed E-state index contributed by atoms with van der Waals surface area (Å²) in [5.74, 6) is 13.0. The van der Waals surface area contributed by atoms with E-state index in [9.17, 15) is 19.2 Å². The minimum atomic E-state index is -0.704. The molecular formula is C44H52N6O7. The Bertz CT molecular complexity index is 2110. The number of benzene rings is 1. The number of fused-ring (bicyclic) bond motifs is 5. The quantitative estimate of drug-likeness (QED) is 0.244. The Morgan fingerprint density at radius 1 is 0.860 bits per heavy atom. The SMILES string of the molecule is COC(=O)C[C@H](C(=O)N1CCCC1C1=NC=C(C#Cc2ccc(C#Cc3cnc(C4CCCN4C(=O)[C@@H](NC(=O)OC)C(C)C)[nH]3)c3c2C2CCC3O2)C1)C(C)C. The second-order valence-corrected chi connectivity index (χ2v) is 16.2. The summed E-state index contributed by atoms with van der Waals surface area (Å²) in [7, 11) is 2.64. The number of aromatic nitrogens is 2. The predicted octanol–water partition coefficient (Wildman–Crippen LogP) is 5.67. The van der Waals surface area contributed by atoms with Crippen LogP contribution in [0.5, 0.6) is 0 Å². The molecule has 3 amide bonds. The van der Waals surface area contributed by atoms with E-state index in [0.717, 1.165) is 72.1 Å². The maximum Gasteiger partial charge on any atom is 0.407 e. The zero-order valence-electron chi connectivity index (χ0n) is 33.6. The predicted molar refractivity (Wildman–Crippen MR) is 211 cm³/mol. The lowest BCUT2D eigenvalue weighted by Crippen LogP contribution is -2.51. The molecule has 6 heterocycles. The van der Waals surface area contributed by atoms with Crippen molar-refractivity contribution in [3.8, 4) is 23.7 Å². The number of rotatable bonds is 9. The minimum Gasteiger partial charge on any atom is -0.469 e. The summed E-state index contributed by atoms with van der Waals surface area (Å²) < 4.78 is 16.0. The van der Waals surface area contributed by atoms with Gasteiger partial charge in [-0.15, -0.1) is 0 Å². The molecule has 13 heteroatoms. The first-order chi connectivity index (χ1) is 27.5. The number of hydrogen-bond donors (Lipinski definition) is 2. The van der Waals surface area contributed by atoms with Gasteiger partial charge in [0, 0.05) is 59.2 Å². The number of alkyl carbamates (subject to hydrolysis) is 1. The molecule has 0 saturated carbocycles.